The van der Waals surface area contributed by atoms with Crippen LogP contribution in [0, 0.1) is 0 Å². The number of primary amides is 1. The normalized spacial score (nSPS) is 14.5. The third-order valence-corrected chi connectivity index (χ3v) is 10.1. The lowest BCUT2D eigenvalue weighted by Crippen LogP contribution is -2.54. The van der Waals surface area contributed by atoms with Gasteiger partial charge in [-0.2, -0.15) is 0 Å². The second-order valence-corrected chi connectivity index (χ2v) is 13.9. The Kier molecular flexibility index (Phi) is 13.1. The van der Waals surface area contributed by atoms with E-state index in [-0.39, 0.29) is 24.7 Å². The summed E-state index contributed by atoms with van der Waals surface area (Å²) < 4.78 is 0. The second-order valence-electron chi connectivity index (χ2n) is 13.9. The number of pyridine rings is 1. The van der Waals surface area contributed by atoms with Crippen LogP contribution < -0.4 is 31.9 Å². The van der Waals surface area contributed by atoms with Crippen molar-refractivity contribution in [2.75, 3.05) is 36.9 Å². The molecule has 302 valence electrons. The standard InChI is InChI=1S/C28H27N5O3.C16H17N3O4/c29-27(35)24-17-32-25-13-12-21(16-23(25)26(24)33-22-6-2-1-3-7-22)19-8-10-20(11-9-19)28(36)31-15-5-4-14-30-18-34;1-3-18(2)10-6-4-5-9-13(10)16(23)19(15(9)22)11-7-8-12(20)17-14(11)21/h1-3,6-13,16-18H,4-5,14-15H2,(H2,29,35)(H,30,34)(H,31,36)(H,32,33);4-6,11H,3,7-8H2,1-2H3,(H,17,20,21). The molecule has 1 saturated heterocycles. The number of piperidine rings is 1. The van der Waals surface area contributed by atoms with Gasteiger partial charge in [-0.25, -0.2) is 0 Å². The number of fused-ring (bicyclic) bond motifs is 2. The van der Waals surface area contributed by atoms with E-state index in [1.165, 1.54) is 6.20 Å². The molecule has 1 unspecified atom stereocenters. The minimum atomic E-state index is -0.931. The smallest absolute Gasteiger partial charge is 0.264 e. The number of anilines is 3. The predicted octanol–water partition coefficient (Wildman–Crippen LogP) is 4.54. The Labute approximate surface area is 340 Å². The Hall–Kier alpha value is -7.42. The third-order valence-electron chi connectivity index (χ3n) is 10.1. The van der Waals surface area contributed by atoms with E-state index in [0.29, 0.717) is 59.7 Å². The molecule has 1 atom stereocenters. The van der Waals surface area contributed by atoms with E-state index in [9.17, 15) is 33.6 Å². The molecule has 1 fully saturated rings. The Bertz CT molecular complexity index is 2420. The number of para-hydroxylation sites is 1. The van der Waals surface area contributed by atoms with E-state index >= 15 is 0 Å². The number of unbranched alkanes of at least 4 members (excludes halogenated alkanes) is 1. The van der Waals surface area contributed by atoms with E-state index < -0.39 is 29.7 Å². The van der Waals surface area contributed by atoms with Crippen molar-refractivity contribution in [1.82, 2.24) is 25.8 Å². The van der Waals surface area contributed by atoms with Gasteiger partial charge >= 0.3 is 0 Å². The zero-order valence-electron chi connectivity index (χ0n) is 32.6. The fourth-order valence-corrected chi connectivity index (χ4v) is 6.87. The lowest BCUT2D eigenvalue weighted by molar-refractivity contribution is -0.136. The molecule has 0 bridgehead atoms. The molecule has 0 aliphatic carbocycles. The minimum Gasteiger partial charge on any atom is -0.374 e. The molecule has 5 aromatic rings. The average Bonchev–Trinajstić information content (AvgIpc) is 3.50. The van der Waals surface area contributed by atoms with Gasteiger partial charge in [0.05, 0.1) is 33.6 Å². The summed E-state index contributed by atoms with van der Waals surface area (Å²) in [4.78, 5) is 90.8. The first-order chi connectivity index (χ1) is 28.5. The summed E-state index contributed by atoms with van der Waals surface area (Å²) >= 11 is 0. The van der Waals surface area contributed by atoms with Crippen LogP contribution in [-0.4, -0.2) is 84.5 Å². The molecular formula is C44H44N8O7. The highest BCUT2D eigenvalue weighted by molar-refractivity contribution is 6.25. The molecule has 6 N–H and O–H groups in total. The van der Waals surface area contributed by atoms with Crippen molar-refractivity contribution < 1.29 is 33.6 Å². The molecule has 59 heavy (non-hydrogen) atoms. The van der Waals surface area contributed by atoms with Gasteiger partial charge in [-0.05, 0) is 85.8 Å². The first kappa shape index (κ1) is 41.2. The zero-order valence-corrected chi connectivity index (χ0v) is 32.6. The van der Waals surface area contributed by atoms with Gasteiger partial charge in [-0.15, -0.1) is 0 Å². The fraction of sp³-hybridized carbons (Fsp3) is 0.227. The number of hydrogen-bond acceptors (Lipinski definition) is 10. The van der Waals surface area contributed by atoms with Gasteiger partial charge in [-0.3, -0.25) is 48.8 Å². The molecule has 15 nitrogen and oxygen atoms in total. The van der Waals surface area contributed by atoms with E-state index in [1.54, 1.807) is 30.3 Å². The van der Waals surface area contributed by atoms with Gasteiger partial charge < -0.3 is 26.6 Å². The van der Waals surface area contributed by atoms with Crippen LogP contribution in [0.25, 0.3) is 22.0 Å². The summed E-state index contributed by atoms with van der Waals surface area (Å²) in [6, 6.07) is 26.9. The summed E-state index contributed by atoms with van der Waals surface area (Å²) in [7, 11) is 1.84. The third kappa shape index (κ3) is 9.25. The molecule has 0 radical (unpaired) electrons. The van der Waals surface area contributed by atoms with E-state index in [2.05, 4.69) is 26.3 Å². The summed E-state index contributed by atoms with van der Waals surface area (Å²) in [5, 5.41) is 11.8. The molecular weight excluding hydrogens is 753 g/mol. The molecule has 2 aliphatic rings. The Morgan fingerprint density at radius 2 is 1.64 bits per heavy atom. The number of amides is 7. The SMILES string of the molecule is CCN(C)c1cccc2c1C(=O)N(C1CCC(=O)NC1=O)C2=O.NC(=O)c1cnc2ccc(-c3ccc(C(=O)NCCCCNC=O)cc3)cc2c1Nc1ccccc1. The van der Waals surface area contributed by atoms with E-state index in [4.69, 9.17) is 5.73 Å². The number of rotatable bonds is 14. The number of benzene rings is 4. The van der Waals surface area contributed by atoms with Crippen molar-refractivity contribution in [1.29, 1.82) is 0 Å². The number of imide groups is 2. The van der Waals surface area contributed by atoms with Crippen molar-refractivity contribution >= 4 is 69.8 Å². The van der Waals surface area contributed by atoms with Gasteiger partial charge in [-0.1, -0.05) is 42.5 Å². The molecule has 0 spiro atoms. The fourth-order valence-electron chi connectivity index (χ4n) is 6.87. The lowest BCUT2D eigenvalue weighted by Gasteiger charge is -2.28. The highest BCUT2D eigenvalue weighted by atomic mass is 16.2. The second kappa shape index (κ2) is 18.7. The van der Waals surface area contributed by atoms with Gasteiger partial charge in [0.15, 0.2) is 0 Å². The monoisotopic (exact) mass is 796 g/mol. The largest absolute Gasteiger partial charge is 0.374 e. The molecule has 2 aliphatic heterocycles. The van der Waals surface area contributed by atoms with Crippen LogP contribution in [0.1, 0.15) is 74.0 Å². The number of carbonyl (C=O) groups is 7. The maximum atomic E-state index is 12.8. The minimum absolute atomic E-state index is 0.117. The predicted molar refractivity (Wildman–Crippen MR) is 223 cm³/mol. The quantitative estimate of drug-likeness (QED) is 0.0601. The van der Waals surface area contributed by atoms with Crippen molar-refractivity contribution in [3.63, 3.8) is 0 Å². The maximum Gasteiger partial charge on any atom is 0.264 e. The van der Waals surface area contributed by atoms with Gasteiger partial charge in [0.1, 0.15) is 6.04 Å². The van der Waals surface area contributed by atoms with Crippen molar-refractivity contribution in [2.45, 2.75) is 38.6 Å². The maximum absolute atomic E-state index is 12.8. The molecule has 7 amide bonds. The van der Waals surface area contributed by atoms with Gasteiger partial charge in [0, 0.05) is 55.9 Å². The molecule has 15 heteroatoms. The summed E-state index contributed by atoms with van der Waals surface area (Å²) in [5.41, 5.74) is 11.8. The lowest BCUT2D eigenvalue weighted by atomic mass is 9.99. The van der Waals surface area contributed by atoms with Gasteiger partial charge in [0.25, 0.3) is 23.6 Å². The molecule has 4 aromatic carbocycles. The van der Waals surface area contributed by atoms with Crippen LogP contribution in [-0.2, 0) is 14.4 Å². The van der Waals surface area contributed by atoms with Crippen molar-refractivity contribution in [3.05, 3.63) is 119 Å². The summed E-state index contributed by atoms with van der Waals surface area (Å²) in [5.74, 6) is -2.65. The number of nitrogens with two attached hydrogens (primary N) is 1. The van der Waals surface area contributed by atoms with E-state index in [0.717, 1.165) is 45.5 Å². The molecule has 1 aromatic heterocycles. The van der Waals surface area contributed by atoms with Crippen LogP contribution in [0.2, 0.25) is 0 Å². The first-order valence-electron chi connectivity index (χ1n) is 19.2. The van der Waals surface area contributed by atoms with E-state index in [1.807, 2.05) is 79.5 Å². The molecule has 0 saturated carbocycles. The number of nitrogens with one attached hydrogen (secondary N) is 4. The van der Waals surface area contributed by atoms with Crippen LogP contribution >= 0.6 is 0 Å². The number of nitrogens with zero attached hydrogens (tertiary/aromatic N) is 3. The Morgan fingerprint density at radius 3 is 2.34 bits per heavy atom. The van der Waals surface area contributed by atoms with Crippen LogP contribution in [0.3, 0.4) is 0 Å². The summed E-state index contributed by atoms with van der Waals surface area (Å²) in [6.45, 7) is 3.76. The van der Waals surface area contributed by atoms with Crippen LogP contribution in [0.5, 0.6) is 0 Å². The highest BCUT2D eigenvalue weighted by Crippen LogP contribution is 2.35. The first-order valence-corrected chi connectivity index (χ1v) is 19.2. The molecule has 3 heterocycles. The number of carbonyl (C=O) groups excluding carboxylic acids is 7. The topological polar surface area (TPSA) is 213 Å². The molecule has 7 rings (SSSR count). The zero-order chi connectivity index (χ0) is 42.1. The van der Waals surface area contributed by atoms with Crippen molar-refractivity contribution in [2.24, 2.45) is 5.73 Å². The number of hydrogen-bond donors (Lipinski definition) is 5. The average molecular weight is 797 g/mol. The Balaban J connectivity index is 0.000000219. The number of aromatic nitrogens is 1. The Morgan fingerprint density at radius 1 is 0.915 bits per heavy atom. The highest BCUT2D eigenvalue weighted by Gasteiger charge is 2.45. The van der Waals surface area contributed by atoms with Crippen molar-refractivity contribution in [3.8, 4) is 11.1 Å². The van der Waals surface area contributed by atoms with Gasteiger partial charge in [0.2, 0.25) is 18.2 Å². The van der Waals surface area contributed by atoms with Crippen LogP contribution in [0.4, 0.5) is 17.1 Å². The summed E-state index contributed by atoms with van der Waals surface area (Å²) in [6.07, 6.45) is 4.02. The van der Waals surface area contributed by atoms with Crippen LogP contribution in [0.15, 0.2) is 97.2 Å².